The molecule has 2 heterocycles. The van der Waals surface area contributed by atoms with Gasteiger partial charge < -0.3 is 24.8 Å². The number of nitrogens with zero attached hydrogens (tertiary/aromatic N) is 3. The van der Waals surface area contributed by atoms with Gasteiger partial charge in [-0.1, -0.05) is 18.2 Å². The van der Waals surface area contributed by atoms with E-state index in [4.69, 9.17) is 30.5 Å². The average molecular weight is 534 g/mol. The molecule has 10 heteroatoms. The SMILES string of the molecule is CCOC(=O)c1c(C(=N)N)c(-c2ccc(Oc3ccccc3)cc2)nn1C1CCCN(C(=O)OC(C)(C)C)C1. The molecule has 1 unspecified atom stereocenters. The van der Waals surface area contributed by atoms with Crippen molar-refractivity contribution < 1.29 is 23.8 Å². The molecule has 1 aliphatic heterocycles. The van der Waals surface area contributed by atoms with Crippen LogP contribution in [0, 0.1) is 5.41 Å². The molecule has 1 fully saturated rings. The van der Waals surface area contributed by atoms with Crippen LogP contribution in [0.25, 0.3) is 11.3 Å². The number of amidine groups is 1. The van der Waals surface area contributed by atoms with Gasteiger partial charge in [-0.15, -0.1) is 0 Å². The van der Waals surface area contributed by atoms with Crippen molar-refractivity contribution >= 4 is 17.9 Å². The number of nitrogens with one attached hydrogen (secondary N) is 1. The summed E-state index contributed by atoms with van der Waals surface area (Å²) in [5.41, 5.74) is 6.72. The summed E-state index contributed by atoms with van der Waals surface area (Å²) in [6.07, 6.45) is 0.953. The Morgan fingerprint density at radius 3 is 2.36 bits per heavy atom. The van der Waals surface area contributed by atoms with E-state index in [1.54, 1.807) is 40.8 Å². The van der Waals surface area contributed by atoms with E-state index in [-0.39, 0.29) is 29.7 Å². The predicted molar refractivity (Wildman–Crippen MR) is 147 cm³/mol. The zero-order valence-corrected chi connectivity index (χ0v) is 22.8. The first-order chi connectivity index (χ1) is 18.6. The molecular formula is C29H35N5O5. The Hall–Kier alpha value is -4.34. The minimum atomic E-state index is -0.628. The summed E-state index contributed by atoms with van der Waals surface area (Å²) < 4.78 is 18.4. The summed E-state index contributed by atoms with van der Waals surface area (Å²) in [6, 6.07) is 16.3. The van der Waals surface area contributed by atoms with E-state index in [0.29, 0.717) is 48.7 Å². The lowest BCUT2D eigenvalue weighted by Crippen LogP contribution is -2.44. The third kappa shape index (κ3) is 6.57. The zero-order valence-electron chi connectivity index (χ0n) is 22.8. The van der Waals surface area contributed by atoms with Crippen LogP contribution in [0.1, 0.15) is 62.6 Å². The maximum atomic E-state index is 13.2. The fraction of sp³-hybridized carbons (Fsp3) is 0.379. The van der Waals surface area contributed by atoms with Crippen LogP contribution in [0.4, 0.5) is 4.79 Å². The maximum absolute atomic E-state index is 13.2. The molecule has 0 saturated carbocycles. The minimum Gasteiger partial charge on any atom is -0.461 e. The number of carbonyl (C=O) groups excluding carboxylic acids is 2. The van der Waals surface area contributed by atoms with Crippen molar-refractivity contribution in [1.82, 2.24) is 14.7 Å². The third-order valence-electron chi connectivity index (χ3n) is 6.15. The molecule has 39 heavy (non-hydrogen) atoms. The molecular weight excluding hydrogens is 498 g/mol. The number of carbonyl (C=O) groups is 2. The molecule has 1 atom stereocenters. The lowest BCUT2D eigenvalue weighted by molar-refractivity contribution is 0.0165. The number of amides is 1. The van der Waals surface area contributed by atoms with Gasteiger partial charge in [0, 0.05) is 18.7 Å². The Bertz CT molecular complexity index is 1330. The lowest BCUT2D eigenvalue weighted by atomic mass is 10.0. The highest BCUT2D eigenvalue weighted by atomic mass is 16.6. The van der Waals surface area contributed by atoms with Gasteiger partial charge in [-0.25, -0.2) is 9.59 Å². The fourth-order valence-electron chi connectivity index (χ4n) is 4.50. The number of benzene rings is 2. The molecule has 2 aromatic carbocycles. The van der Waals surface area contributed by atoms with Crippen LogP contribution in [0.3, 0.4) is 0 Å². The maximum Gasteiger partial charge on any atom is 0.410 e. The van der Waals surface area contributed by atoms with Gasteiger partial charge in [-0.3, -0.25) is 10.1 Å². The standard InChI is InChI=1S/C29H35N5O5/c1-5-37-27(35)25-23(26(30)31)24(19-13-15-22(16-14-19)38-21-11-7-6-8-12-21)32-34(25)20-10-9-17-33(18-20)28(36)39-29(2,3)4/h6-8,11-16,20H,5,9-10,17-18H2,1-4H3,(H3,30,31). The Morgan fingerprint density at radius 1 is 1.08 bits per heavy atom. The van der Waals surface area contributed by atoms with E-state index in [0.717, 1.165) is 0 Å². The van der Waals surface area contributed by atoms with Crippen LogP contribution in [0.2, 0.25) is 0 Å². The second-order valence-corrected chi connectivity index (χ2v) is 10.3. The highest BCUT2D eigenvalue weighted by Gasteiger charge is 2.34. The van der Waals surface area contributed by atoms with Gasteiger partial charge in [0.25, 0.3) is 0 Å². The number of ether oxygens (including phenoxy) is 3. The van der Waals surface area contributed by atoms with Crippen LogP contribution < -0.4 is 10.5 Å². The monoisotopic (exact) mass is 533 g/mol. The molecule has 1 amide bonds. The molecule has 1 saturated heterocycles. The van der Waals surface area contributed by atoms with Crippen molar-refractivity contribution in [2.45, 2.75) is 52.2 Å². The van der Waals surface area contributed by atoms with Gasteiger partial charge in [0.05, 0.1) is 18.2 Å². The second-order valence-electron chi connectivity index (χ2n) is 10.3. The number of aromatic nitrogens is 2. The first-order valence-corrected chi connectivity index (χ1v) is 13.0. The summed E-state index contributed by atoms with van der Waals surface area (Å²) in [7, 11) is 0. The molecule has 0 spiro atoms. The highest BCUT2D eigenvalue weighted by Crippen LogP contribution is 2.33. The van der Waals surface area contributed by atoms with Crippen LogP contribution in [-0.4, -0.2) is 57.9 Å². The van der Waals surface area contributed by atoms with E-state index < -0.39 is 17.7 Å². The second kappa shape index (κ2) is 11.6. The Morgan fingerprint density at radius 2 is 1.74 bits per heavy atom. The van der Waals surface area contributed by atoms with Crippen molar-refractivity contribution in [3.05, 3.63) is 65.9 Å². The van der Waals surface area contributed by atoms with E-state index in [1.807, 2.05) is 51.1 Å². The number of likely N-dealkylation sites (tertiary alicyclic amines) is 1. The van der Waals surface area contributed by atoms with Gasteiger partial charge >= 0.3 is 12.1 Å². The van der Waals surface area contributed by atoms with Crippen LogP contribution in [0.5, 0.6) is 11.5 Å². The summed E-state index contributed by atoms with van der Waals surface area (Å²) in [5.74, 6) is 0.402. The predicted octanol–water partition coefficient (Wildman–Crippen LogP) is 5.38. The molecule has 4 rings (SSSR count). The quantitative estimate of drug-likeness (QED) is 0.237. The van der Waals surface area contributed by atoms with E-state index >= 15 is 0 Å². The van der Waals surface area contributed by atoms with Crippen LogP contribution in [-0.2, 0) is 9.47 Å². The number of nitrogen functional groups attached to an aromatic ring is 1. The number of piperidine rings is 1. The highest BCUT2D eigenvalue weighted by molar-refractivity contribution is 6.09. The van der Waals surface area contributed by atoms with Gasteiger partial charge in [0.2, 0.25) is 0 Å². The Balaban J connectivity index is 1.71. The van der Waals surface area contributed by atoms with Gasteiger partial charge in [0.15, 0.2) is 5.69 Å². The van der Waals surface area contributed by atoms with E-state index in [1.165, 1.54) is 0 Å². The number of esters is 1. The fourth-order valence-corrected chi connectivity index (χ4v) is 4.50. The number of hydrogen-bond acceptors (Lipinski definition) is 7. The molecule has 0 radical (unpaired) electrons. The van der Waals surface area contributed by atoms with Gasteiger partial charge in [-0.05, 0) is 76.9 Å². The summed E-state index contributed by atoms with van der Waals surface area (Å²) in [6.45, 7) is 8.15. The van der Waals surface area contributed by atoms with Gasteiger partial charge in [-0.2, -0.15) is 5.10 Å². The van der Waals surface area contributed by atoms with Crippen molar-refractivity contribution in [3.8, 4) is 22.8 Å². The minimum absolute atomic E-state index is 0.0972. The summed E-state index contributed by atoms with van der Waals surface area (Å²) in [4.78, 5) is 27.6. The third-order valence-corrected chi connectivity index (χ3v) is 6.15. The molecule has 1 aliphatic rings. The number of rotatable bonds is 7. The number of para-hydroxylation sites is 1. The number of hydrogen-bond donors (Lipinski definition) is 2. The topological polar surface area (TPSA) is 133 Å². The zero-order chi connectivity index (χ0) is 28.2. The largest absolute Gasteiger partial charge is 0.461 e. The molecule has 1 aromatic heterocycles. The van der Waals surface area contributed by atoms with Crippen molar-refractivity contribution in [2.24, 2.45) is 5.73 Å². The normalized spacial score (nSPS) is 15.5. The smallest absolute Gasteiger partial charge is 0.410 e. The summed E-state index contributed by atoms with van der Waals surface area (Å²) in [5, 5.41) is 13.1. The van der Waals surface area contributed by atoms with Crippen molar-refractivity contribution in [2.75, 3.05) is 19.7 Å². The van der Waals surface area contributed by atoms with Crippen molar-refractivity contribution in [1.29, 1.82) is 5.41 Å². The van der Waals surface area contributed by atoms with Crippen molar-refractivity contribution in [3.63, 3.8) is 0 Å². The Kier molecular flexibility index (Phi) is 8.23. The molecule has 3 N–H and O–H groups in total. The Labute approximate surface area is 228 Å². The average Bonchev–Trinajstić information content (AvgIpc) is 3.30. The molecule has 206 valence electrons. The first kappa shape index (κ1) is 27.7. The molecule has 0 bridgehead atoms. The molecule has 3 aromatic rings. The first-order valence-electron chi connectivity index (χ1n) is 13.0. The molecule has 10 nitrogen and oxygen atoms in total. The lowest BCUT2D eigenvalue weighted by Gasteiger charge is -2.34. The number of nitrogens with two attached hydrogens (primary N) is 1. The van der Waals surface area contributed by atoms with E-state index in [2.05, 4.69) is 0 Å². The van der Waals surface area contributed by atoms with Gasteiger partial charge in [0.1, 0.15) is 28.6 Å². The molecule has 0 aliphatic carbocycles. The summed E-state index contributed by atoms with van der Waals surface area (Å²) >= 11 is 0. The van der Waals surface area contributed by atoms with E-state index in [9.17, 15) is 9.59 Å². The van der Waals surface area contributed by atoms with Crippen LogP contribution >= 0.6 is 0 Å². The van der Waals surface area contributed by atoms with Crippen LogP contribution in [0.15, 0.2) is 54.6 Å².